The molecule has 0 bridgehead atoms. The number of nitrogens with two attached hydrogens (primary N) is 1. The van der Waals surface area contributed by atoms with Gasteiger partial charge in [-0.3, -0.25) is 0 Å². The zero-order chi connectivity index (χ0) is 22.7. The van der Waals surface area contributed by atoms with Gasteiger partial charge in [0.15, 0.2) is 0 Å². The second kappa shape index (κ2) is 9.83. The van der Waals surface area contributed by atoms with Crippen molar-refractivity contribution in [2.45, 2.75) is 45.3 Å². The molecule has 3 aromatic heterocycles. The van der Waals surface area contributed by atoms with Crippen molar-refractivity contribution in [3.05, 3.63) is 53.0 Å². The third kappa shape index (κ3) is 4.71. The highest BCUT2D eigenvalue weighted by Gasteiger charge is 2.27. The zero-order valence-corrected chi connectivity index (χ0v) is 19.9. The van der Waals surface area contributed by atoms with Crippen molar-refractivity contribution in [3.63, 3.8) is 0 Å². The first-order valence-corrected chi connectivity index (χ1v) is 11.7. The zero-order valence-electron chi connectivity index (χ0n) is 18.3. The lowest BCUT2D eigenvalue weighted by Gasteiger charge is -2.19. The summed E-state index contributed by atoms with van der Waals surface area (Å²) < 4.78 is 8.61. The first-order chi connectivity index (χ1) is 15.5. The van der Waals surface area contributed by atoms with Gasteiger partial charge in [0.25, 0.3) is 0 Å². The monoisotopic (exact) mass is 497 g/mol. The Morgan fingerprint density at radius 2 is 2.06 bits per heavy atom. The minimum Gasteiger partial charge on any atom is -0.508 e. The van der Waals surface area contributed by atoms with Gasteiger partial charge >= 0.3 is 0 Å². The Balaban J connectivity index is 0.000000165. The Hall–Kier alpha value is -2.71. The fraction of sp³-hybridized carbons (Fsp3) is 0.375. The lowest BCUT2D eigenvalue weighted by Crippen LogP contribution is -2.21. The molecule has 0 aliphatic heterocycles. The Morgan fingerprint density at radius 1 is 1.22 bits per heavy atom. The van der Waals surface area contributed by atoms with Crippen LogP contribution in [0.4, 0.5) is 5.82 Å². The standard InChI is InChI=1S/C15H21N3O.C9H7BrN2O/c1-3-13-12-7-8-18(15(12)17-10-16-13)9-11-5-4-6-14(11)19-2;10-7-3-5-1-2-6(13)4-8(5)12-9(7)11/h7-8,10-11,14H,3-6,9H2,1-2H3;1-4,13H,(H2,11,12). The van der Waals surface area contributed by atoms with Crippen molar-refractivity contribution >= 4 is 43.7 Å². The number of methoxy groups -OCH3 is 1. The van der Waals surface area contributed by atoms with E-state index >= 15 is 0 Å². The SMILES string of the molecule is CCc1ncnc2c1ccn2CC1CCCC1OC.Nc1nc2cc(O)ccc2cc1Br. The lowest BCUT2D eigenvalue weighted by atomic mass is 10.1. The molecule has 2 unspecified atom stereocenters. The molecule has 1 aromatic carbocycles. The molecule has 0 spiro atoms. The summed E-state index contributed by atoms with van der Waals surface area (Å²) in [6.45, 7) is 3.14. The molecule has 0 saturated heterocycles. The maximum absolute atomic E-state index is 9.20. The van der Waals surface area contributed by atoms with Crippen LogP contribution in [0.1, 0.15) is 31.9 Å². The predicted molar refractivity (Wildman–Crippen MR) is 131 cm³/mol. The van der Waals surface area contributed by atoms with Crippen molar-refractivity contribution < 1.29 is 9.84 Å². The largest absolute Gasteiger partial charge is 0.508 e. The minimum atomic E-state index is 0.196. The van der Waals surface area contributed by atoms with E-state index in [0.29, 0.717) is 23.4 Å². The summed E-state index contributed by atoms with van der Waals surface area (Å²) in [5, 5.41) is 11.3. The Labute approximate surface area is 195 Å². The van der Waals surface area contributed by atoms with Gasteiger partial charge in [0, 0.05) is 42.6 Å². The van der Waals surface area contributed by atoms with E-state index in [2.05, 4.69) is 54.6 Å². The van der Waals surface area contributed by atoms with E-state index < -0.39 is 0 Å². The van der Waals surface area contributed by atoms with Gasteiger partial charge in [-0.15, -0.1) is 0 Å². The van der Waals surface area contributed by atoms with Crippen LogP contribution in [0.15, 0.2) is 47.3 Å². The van der Waals surface area contributed by atoms with E-state index in [1.54, 1.807) is 24.5 Å². The Bertz CT molecular complexity index is 1230. The van der Waals surface area contributed by atoms with E-state index in [1.807, 2.05) is 13.2 Å². The molecule has 3 heterocycles. The summed E-state index contributed by atoms with van der Waals surface area (Å²) >= 11 is 3.28. The van der Waals surface area contributed by atoms with Crippen molar-refractivity contribution in [3.8, 4) is 5.75 Å². The quantitative estimate of drug-likeness (QED) is 0.407. The maximum Gasteiger partial charge on any atom is 0.143 e. The van der Waals surface area contributed by atoms with Gasteiger partial charge in [0.05, 0.1) is 21.8 Å². The summed E-state index contributed by atoms with van der Waals surface area (Å²) in [6, 6.07) is 9.01. The highest BCUT2D eigenvalue weighted by atomic mass is 79.9. The molecule has 7 nitrogen and oxygen atoms in total. The number of hydrogen-bond acceptors (Lipinski definition) is 6. The van der Waals surface area contributed by atoms with Crippen LogP contribution in [0.5, 0.6) is 5.75 Å². The predicted octanol–water partition coefficient (Wildman–Crippen LogP) is 5.09. The van der Waals surface area contributed by atoms with Gasteiger partial charge < -0.3 is 20.1 Å². The van der Waals surface area contributed by atoms with Crippen molar-refractivity contribution in [2.75, 3.05) is 12.8 Å². The van der Waals surface area contributed by atoms with E-state index in [0.717, 1.165) is 34.2 Å². The number of halogens is 1. The molecule has 168 valence electrons. The van der Waals surface area contributed by atoms with E-state index in [-0.39, 0.29) is 5.75 Å². The topological polar surface area (TPSA) is 99.1 Å². The molecule has 1 saturated carbocycles. The van der Waals surface area contributed by atoms with Crippen LogP contribution in [0.25, 0.3) is 21.9 Å². The van der Waals surface area contributed by atoms with E-state index in [4.69, 9.17) is 10.5 Å². The van der Waals surface area contributed by atoms with Gasteiger partial charge in [-0.25, -0.2) is 15.0 Å². The summed E-state index contributed by atoms with van der Waals surface area (Å²) in [7, 11) is 1.83. The molecule has 0 radical (unpaired) electrons. The maximum atomic E-state index is 9.20. The number of aromatic nitrogens is 4. The summed E-state index contributed by atoms with van der Waals surface area (Å²) in [4.78, 5) is 12.9. The molecule has 0 amide bonds. The fourth-order valence-corrected chi connectivity index (χ4v) is 4.74. The highest BCUT2D eigenvalue weighted by molar-refractivity contribution is 9.10. The molecule has 32 heavy (non-hydrogen) atoms. The fourth-order valence-electron chi connectivity index (χ4n) is 4.40. The Morgan fingerprint density at radius 3 is 2.84 bits per heavy atom. The van der Waals surface area contributed by atoms with Crippen LogP contribution in [0.2, 0.25) is 0 Å². The number of phenolic OH excluding ortho intramolecular Hbond substituents is 1. The minimum absolute atomic E-state index is 0.196. The average Bonchev–Trinajstić information content (AvgIpc) is 3.42. The molecule has 3 N–H and O–H groups in total. The molecule has 1 aliphatic rings. The van der Waals surface area contributed by atoms with Crippen LogP contribution in [0, 0.1) is 5.92 Å². The number of ether oxygens (including phenoxy) is 1. The molecular weight excluding hydrogens is 470 g/mol. The number of anilines is 1. The van der Waals surface area contributed by atoms with Gasteiger partial charge in [-0.2, -0.15) is 0 Å². The number of rotatable bonds is 4. The van der Waals surface area contributed by atoms with E-state index in [1.165, 1.54) is 24.6 Å². The van der Waals surface area contributed by atoms with Crippen molar-refractivity contribution in [1.82, 2.24) is 19.5 Å². The van der Waals surface area contributed by atoms with Crippen LogP contribution in [-0.4, -0.2) is 37.8 Å². The Kier molecular flexibility index (Phi) is 6.91. The molecule has 1 aliphatic carbocycles. The number of pyridine rings is 1. The number of phenols is 1. The smallest absolute Gasteiger partial charge is 0.143 e. The normalized spacial score (nSPS) is 18.1. The average molecular weight is 498 g/mol. The van der Waals surface area contributed by atoms with Crippen LogP contribution < -0.4 is 5.73 Å². The van der Waals surface area contributed by atoms with Crippen molar-refractivity contribution in [1.29, 1.82) is 0 Å². The first kappa shape index (κ1) is 22.5. The summed E-state index contributed by atoms with van der Waals surface area (Å²) in [5.41, 5.74) is 8.49. The highest BCUT2D eigenvalue weighted by Crippen LogP contribution is 2.30. The van der Waals surface area contributed by atoms with E-state index in [9.17, 15) is 5.11 Å². The first-order valence-electron chi connectivity index (χ1n) is 10.9. The lowest BCUT2D eigenvalue weighted by molar-refractivity contribution is 0.0653. The third-order valence-corrected chi connectivity index (χ3v) is 6.71. The summed E-state index contributed by atoms with van der Waals surface area (Å²) in [5.74, 6) is 1.24. The molecule has 8 heteroatoms. The number of aryl methyl sites for hydroxylation is 1. The van der Waals surface area contributed by atoms with Gasteiger partial charge in [0.1, 0.15) is 23.5 Å². The van der Waals surface area contributed by atoms with Crippen LogP contribution in [-0.2, 0) is 17.7 Å². The molecule has 1 fully saturated rings. The third-order valence-electron chi connectivity index (χ3n) is 6.08. The summed E-state index contributed by atoms with van der Waals surface area (Å²) in [6.07, 6.45) is 8.90. The van der Waals surface area contributed by atoms with Crippen LogP contribution >= 0.6 is 15.9 Å². The second-order valence-electron chi connectivity index (χ2n) is 8.08. The second-order valence-corrected chi connectivity index (χ2v) is 8.93. The molecule has 4 aromatic rings. The number of nitrogens with zero attached hydrogens (tertiary/aromatic N) is 4. The number of nitrogen functional groups attached to an aromatic ring is 1. The van der Waals surface area contributed by atoms with Crippen LogP contribution in [0.3, 0.4) is 0 Å². The van der Waals surface area contributed by atoms with Crippen molar-refractivity contribution in [2.24, 2.45) is 5.92 Å². The number of aromatic hydroxyl groups is 1. The number of hydrogen-bond donors (Lipinski definition) is 2. The van der Waals surface area contributed by atoms with Gasteiger partial charge in [0.2, 0.25) is 0 Å². The molecule has 5 rings (SSSR count). The number of fused-ring (bicyclic) bond motifs is 2. The number of benzene rings is 1. The van der Waals surface area contributed by atoms with Gasteiger partial charge in [-0.05, 0) is 59.5 Å². The molecule has 2 atom stereocenters. The van der Waals surface area contributed by atoms with Gasteiger partial charge in [-0.1, -0.05) is 13.3 Å². The molecular formula is C24H28BrN5O2.